The number of nitrogens with one attached hydrogen (secondary N) is 2. The number of carbonyl (C=O) groups excluding carboxylic acids is 1. The van der Waals surface area contributed by atoms with Gasteiger partial charge in [0.05, 0.1) is 25.1 Å². The summed E-state index contributed by atoms with van der Waals surface area (Å²) in [5, 5.41) is 2.58. The Balaban J connectivity index is 0.00000361. The van der Waals surface area contributed by atoms with Crippen molar-refractivity contribution in [3.63, 3.8) is 0 Å². The lowest BCUT2D eigenvalue weighted by molar-refractivity contribution is -0.117. The molecule has 0 spiro atoms. The van der Waals surface area contributed by atoms with E-state index in [4.69, 9.17) is 10.5 Å². The van der Waals surface area contributed by atoms with Gasteiger partial charge in [-0.1, -0.05) is 0 Å². The molecule has 0 aromatic heterocycles. The van der Waals surface area contributed by atoms with Gasteiger partial charge in [0, 0.05) is 11.8 Å². The van der Waals surface area contributed by atoms with Gasteiger partial charge in [-0.2, -0.15) is 0 Å². The van der Waals surface area contributed by atoms with Crippen molar-refractivity contribution in [2.75, 3.05) is 23.4 Å². The maximum Gasteiger partial charge on any atom is 0.241 e. The molecule has 4 N–H and O–H groups in total. The third-order valence-electron chi connectivity index (χ3n) is 2.18. The largest absolute Gasteiger partial charge is 0.494 e. The molecule has 0 fully saturated rings. The smallest absolute Gasteiger partial charge is 0.241 e. The van der Waals surface area contributed by atoms with Crippen molar-refractivity contribution < 1.29 is 17.9 Å². The van der Waals surface area contributed by atoms with Crippen molar-refractivity contribution in [2.24, 2.45) is 5.73 Å². The topological polar surface area (TPSA) is 111 Å². The van der Waals surface area contributed by atoms with Crippen LogP contribution in [0.1, 0.15) is 6.92 Å². The van der Waals surface area contributed by atoms with Crippen LogP contribution in [0.15, 0.2) is 18.2 Å². The maximum absolute atomic E-state index is 11.4. The Labute approximate surface area is 124 Å². The monoisotopic (exact) mass is 323 g/mol. The van der Waals surface area contributed by atoms with Crippen LogP contribution in [-0.4, -0.2) is 33.7 Å². The number of halogens is 1. The SMILES string of the molecule is COc1cc(NC(=O)C(C)N)ccc1NS(C)(=O)=O.Cl. The van der Waals surface area contributed by atoms with E-state index in [-0.39, 0.29) is 18.3 Å². The first-order valence-electron chi connectivity index (χ1n) is 5.45. The number of ether oxygens (including phenoxy) is 1. The van der Waals surface area contributed by atoms with E-state index in [1.54, 1.807) is 13.0 Å². The molecule has 1 aromatic rings. The molecule has 1 atom stereocenters. The molecular weight excluding hydrogens is 306 g/mol. The summed E-state index contributed by atoms with van der Waals surface area (Å²) < 4.78 is 29.7. The lowest BCUT2D eigenvalue weighted by Crippen LogP contribution is -2.32. The Bertz CT molecular complexity index is 575. The maximum atomic E-state index is 11.4. The minimum atomic E-state index is -3.40. The standard InChI is InChI=1S/C11H17N3O4S.ClH/c1-7(12)11(15)13-8-4-5-9(10(6-8)18-2)14-19(3,16)17;/h4-7,14H,12H2,1-3H3,(H,13,15);1H. The second kappa shape index (κ2) is 7.32. The molecule has 0 aliphatic heterocycles. The van der Waals surface area contributed by atoms with Crippen molar-refractivity contribution >= 4 is 39.7 Å². The predicted molar refractivity (Wildman–Crippen MR) is 81.0 cm³/mol. The average Bonchev–Trinajstić information content (AvgIpc) is 2.29. The first-order valence-corrected chi connectivity index (χ1v) is 7.34. The average molecular weight is 324 g/mol. The molecule has 0 heterocycles. The van der Waals surface area contributed by atoms with E-state index in [0.29, 0.717) is 17.1 Å². The van der Waals surface area contributed by atoms with Crippen LogP contribution in [0.5, 0.6) is 5.75 Å². The number of amides is 1. The van der Waals surface area contributed by atoms with Crippen LogP contribution in [0, 0.1) is 0 Å². The zero-order valence-electron chi connectivity index (χ0n) is 11.3. The fraction of sp³-hybridized carbons (Fsp3) is 0.364. The molecule has 7 nitrogen and oxygen atoms in total. The van der Waals surface area contributed by atoms with Gasteiger partial charge >= 0.3 is 0 Å². The summed E-state index contributed by atoms with van der Waals surface area (Å²) in [6.07, 6.45) is 1.04. The van der Waals surface area contributed by atoms with Crippen LogP contribution in [0.4, 0.5) is 11.4 Å². The molecule has 0 radical (unpaired) electrons. The molecule has 1 rings (SSSR count). The highest BCUT2D eigenvalue weighted by Crippen LogP contribution is 2.28. The van der Waals surface area contributed by atoms with E-state index in [2.05, 4.69) is 10.0 Å². The molecule has 1 unspecified atom stereocenters. The first-order chi connectivity index (χ1) is 8.73. The molecule has 0 bridgehead atoms. The van der Waals surface area contributed by atoms with Gasteiger partial charge < -0.3 is 15.8 Å². The van der Waals surface area contributed by atoms with Crippen LogP contribution in [-0.2, 0) is 14.8 Å². The fourth-order valence-corrected chi connectivity index (χ4v) is 1.88. The van der Waals surface area contributed by atoms with Crippen molar-refractivity contribution in [3.8, 4) is 5.75 Å². The zero-order chi connectivity index (χ0) is 14.6. The Kier molecular flexibility index (Phi) is 6.77. The number of rotatable bonds is 5. The van der Waals surface area contributed by atoms with Gasteiger partial charge in [-0.05, 0) is 19.1 Å². The highest BCUT2D eigenvalue weighted by molar-refractivity contribution is 7.92. The number of hydrogen-bond donors (Lipinski definition) is 3. The second-order valence-corrected chi connectivity index (χ2v) is 5.82. The number of benzene rings is 1. The Morgan fingerprint density at radius 1 is 1.40 bits per heavy atom. The van der Waals surface area contributed by atoms with Crippen LogP contribution in [0.25, 0.3) is 0 Å². The third-order valence-corrected chi connectivity index (χ3v) is 2.77. The molecule has 0 saturated carbocycles. The van der Waals surface area contributed by atoms with Gasteiger partial charge in [0.2, 0.25) is 15.9 Å². The summed E-state index contributed by atoms with van der Waals surface area (Å²) in [7, 11) is -1.99. The molecule has 1 amide bonds. The summed E-state index contributed by atoms with van der Waals surface area (Å²) >= 11 is 0. The van der Waals surface area contributed by atoms with E-state index < -0.39 is 16.1 Å². The number of hydrogen-bond acceptors (Lipinski definition) is 5. The van der Waals surface area contributed by atoms with Crippen molar-refractivity contribution in [1.82, 2.24) is 0 Å². The number of sulfonamides is 1. The minimum Gasteiger partial charge on any atom is -0.494 e. The van der Waals surface area contributed by atoms with Gasteiger partial charge in [0.15, 0.2) is 0 Å². The molecular formula is C11H18ClN3O4S. The van der Waals surface area contributed by atoms with Gasteiger partial charge in [-0.15, -0.1) is 12.4 Å². The molecule has 20 heavy (non-hydrogen) atoms. The molecule has 1 aromatic carbocycles. The van der Waals surface area contributed by atoms with Gasteiger partial charge in [-0.3, -0.25) is 9.52 Å². The molecule has 9 heteroatoms. The molecule has 0 saturated heterocycles. The Hall–Kier alpha value is -1.51. The normalized spacial score (nSPS) is 12.0. The summed E-state index contributed by atoms with van der Waals surface area (Å²) in [6.45, 7) is 1.56. The Morgan fingerprint density at radius 3 is 2.45 bits per heavy atom. The Morgan fingerprint density at radius 2 is 2.00 bits per heavy atom. The summed E-state index contributed by atoms with van der Waals surface area (Å²) in [5.41, 5.74) is 6.20. The first kappa shape index (κ1) is 18.5. The van der Waals surface area contributed by atoms with E-state index in [0.717, 1.165) is 6.26 Å². The highest BCUT2D eigenvalue weighted by atomic mass is 35.5. The number of nitrogens with two attached hydrogens (primary N) is 1. The number of carbonyl (C=O) groups is 1. The quantitative estimate of drug-likeness (QED) is 0.741. The summed E-state index contributed by atoms with van der Waals surface area (Å²) in [5.74, 6) is -0.0428. The predicted octanol–water partition coefficient (Wildman–Crippen LogP) is 0.774. The number of methoxy groups -OCH3 is 1. The number of anilines is 2. The molecule has 114 valence electrons. The summed E-state index contributed by atoms with van der Waals surface area (Å²) in [6, 6.07) is 3.92. The van der Waals surface area contributed by atoms with Crippen molar-refractivity contribution in [2.45, 2.75) is 13.0 Å². The lowest BCUT2D eigenvalue weighted by Gasteiger charge is -2.13. The fourth-order valence-electron chi connectivity index (χ4n) is 1.31. The van der Waals surface area contributed by atoms with Crippen molar-refractivity contribution in [1.29, 1.82) is 0 Å². The molecule has 0 aliphatic carbocycles. The van der Waals surface area contributed by atoms with Crippen molar-refractivity contribution in [3.05, 3.63) is 18.2 Å². The van der Waals surface area contributed by atoms with Crippen LogP contribution >= 0.6 is 12.4 Å². The zero-order valence-corrected chi connectivity index (χ0v) is 13.0. The van der Waals surface area contributed by atoms with E-state index in [1.807, 2.05) is 0 Å². The van der Waals surface area contributed by atoms with Crippen LogP contribution in [0.3, 0.4) is 0 Å². The minimum absolute atomic E-state index is 0. The van der Waals surface area contributed by atoms with Crippen LogP contribution < -0.4 is 20.5 Å². The highest BCUT2D eigenvalue weighted by Gasteiger charge is 2.12. The summed E-state index contributed by atoms with van der Waals surface area (Å²) in [4.78, 5) is 11.4. The molecule has 0 aliphatic rings. The van der Waals surface area contributed by atoms with Gasteiger partial charge in [0.25, 0.3) is 0 Å². The van der Waals surface area contributed by atoms with E-state index in [9.17, 15) is 13.2 Å². The van der Waals surface area contributed by atoms with Gasteiger partial charge in [0.1, 0.15) is 5.75 Å². The second-order valence-electron chi connectivity index (χ2n) is 4.07. The van der Waals surface area contributed by atoms with E-state index >= 15 is 0 Å². The van der Waals surface area contributed by atoms with Crippen LogP contribution in [0.2, 0.25) is 0 Å². The lowest BCUT2D eigenvalue weighted by atomic mass is 10.2. The van der Waals surface area contributed by atoms with Gasteiger partial charge in [-0.25, -0.2) is 8.42 Å². The van der Waals surface area contributed by atoms with E-state index in [1.165, 1.54) is 19.2 Å². The third kappa shape index (κ3) is 5.64.